The third-order valence-corrected chi connectivity index (χ3v) is 7.74. The van der Waals surface area contributed by atoms with E-state index >= 15 is 0 Å². The molecule has 1 heterocycles. The number of carbonyl (C=O) groups is 1. The molecule has 1 aromatic heterocycles. The number of ether oxygens (including phenoxy) is 3. The number of carbonyl (C=O) groups excluding carboxylic acids is 1. The lowest BCUT2D eigenvalue weighted by atomic mass is 10.1. The fourth-order valence-corrected chi connectivity index (χ4v) is 5.08. The Morgan fingerprint density at radius 3 is 2.24 bits per heavy atom. The fraction of sp³-hybridized carbons (Fsp3) is 0.192. The molecule has 38 heavy (non-hydrogen) atoms. The zero-order chi connectivity index (χ0) is 27.2. The Balaban J connectivity index is 1.60. The van der Waals surface area contributed by atoms with Crippen LogP contribution in [0.5, 0.6) is 17.2 Å². The highest BCUT2D eigenvalue weighted by molar-refractivity contribution is 9.10. The van der Waals surface area contributed by atoms with Crippen molar-refractivity contribution < 1.29 is 19.0 Å². The first-order valence-electron chi connectivity index (χ1n) is 11.2. The highest BCUT2D eigenvalue weighted by Gasteiger charge is 2.20. The molecule has 0 aliphatic rings. The quantitative estimate of drug-likeness (QED) is 0.196. The molecule has 1 N–H and O–H groups in total. The van der Waals surface area contributed by atoms with Gasteiger partial charge in [-0.3, -0.25) is 9.36 Å². The maximum absolute atomic E-state index is 13.1. The van der Waals surface area contributed by atoms with E-state index in [-0.39, 0.29) is 12.5 Å². The Morgan fingerprint density at radius 2 is 1.63 bits per heavy atom. The van der Waals surface area contributed by atoms with E-state index in [4.69, 9.17) is 37.4 Å². The van der Waals surface area contributed by atoms with Gasteiger partial charge in [-0.2, -0.15) is 0 Å². The molecule has 0 spiro atoms. The van der Waals surface area contributed by atoms with E-state index in [1.54, 1.807) is 24.3 Å². The second-order valence-electron chi connectivity index (χ2n) is 7.84. The molecule has 0 atom stereocenters. The van der Waals surface area contributed by atoms with Crippen molar-refractivity contribution in [2.75, 3.05) is 21.3 Å². The summed E-state index contributed by atoms with van der Waals surface area (Å²) < 4.78 is 18.9. The standard InChI is InChI=1S/C26H23BrCl2N4O4S/c1-35-21-10-16(11-22(36-2)24(21)37-3)25(34)30-13-23-31-32-26(38-14-15-4-6-17(27)7-5-15)33(23)18-8-9-19(28)20(29)12-18/h4-12H,13-14H2,1-3H3,(H,30,34). The molecule has 1 amide bonds. The summed E-state index contributed by atoms with van der Waals surface area (Å²) >= 11 is 17.4. The van der Waals surface area contributed by atoms with E-state index in [0.717, 1.165) is 15.7 Å². The normalized spacial score (nSPS) is 10.8. The van der Waals surface area contributed by atoms with Gasteiger partial charge in [0.2, 0.25) is 5.75 Å². The third-order valence-electron chi connectivity index (χ3n) is 5.48. The van der Waals surface area contributed by atoms with E-state index in [1.165, 1.54) is 33.1 Å². The Kier molecular flexibility index (Phi) is 9.43. The van der Waals surface area contributed by atoms with Crippen molar-refractivity contribution in [1.29, 1.82) is 0 Å². The predicted octanol–water partition coefficient (Wildman–Crippen LogP) is 6.58. The molecule has 0 radical (unpaired) electrons. The molecule has 198 valence electrons. The Morgan fingerprint density at radius 1 is 0.947 bits per heavy atom. The SMILES string of the molecule is COc1cc(C(=O)NCc2nnc(SCc3ccc(Br)cc3)n2-c2ccc(Cl)c(Cl)c2)cc(OC)c1OC. The van der Waals surface area contributed by atoms with Crippen LogP contribution >= 0.6 is 50.9 Å². The highest BCUT2D eigenvalue weighted by Crippen LogP contribution is 2.38. The average molecular weight is 638 g/mol. The van der Waals surface area contributed by atoms with Crippen LogP contribution in [-0.2, 0) is 12.3 Å². The summed E-state index contributed by atoms with van der Waals surface area (Å²) in [7, 11) is 4.49. The number of thioether (sulfide) groups is 1. The fourth-order valence-electron chi connectivity index (χ4n) is 3.59. The maximum Gasteiger partial charge on any atom is 0.251 e. The second kappa shape index (κ2) is 12.8. The number of nitrogens with zero attached hydrogens (tertiary/aromatic N) is 3. The van der Waals surface area contributed by atoms with Gasteiger partial charge in [-0.1, -0.05) is 63.0 Å². The molecule has 0 bridgehead atoms. The average Bonchev–Trinajstić information content (AvgIpc) is 3.34. The number of benzene rings is 3. The summed E-state index contributed by atoms with van der Waals surface area (Å²) in [4.78, 5) is 13.1. The van der Waals surface area contributed by atoms with Gasteiger partial charge in [0, 0.05) is 15.8 Å². The van der Waals surface area contributed by atoms with E-state index in [2.05, 4.69) is 31.4 Å². The molecule has 4 aromatic rings. The topological polar surface area (TPSA) is 87.5 Å². The summed E-state index contributed by atoms with van der Waals surface area (Å²) in [6.07, 6.45) is 0. The van der Waals surface area contributed by atoms with Gasteiger partial charge in [0.15, 0.2) is 22.5 Å². The van der Waals surface area contributed by atoms with Crippen molar-refractivity contribution in [3.63, 3.8) is 0 Å². The third kappa shape index (κ3) is 6.37. The number of hydrogen-bond acceptors (Lipinski definition) is 7. The van der Waals surface area contributed by atoms with Crippen LogP contribution in [0.1, 0.15) is 21.7 Å². The number of nitrogens with one attached hydrogen (secondary N) is 1. The molecule has 0 fully saturated rings. The zero-order valence-electron chi connectivity index (χ0n) is 20.6. The van der Waals surface area contributed by atoms with Crippen molar-refractivity contribution in [2.45, 2.75) is 17.5 Å². The number of amides is 1. The Labute approximate surface area is 242 Å². The number of hydrogen-bond donors (Lipinski definition) is 1. The summed E-state index contributed by atoms with van der Waals surface area (Å²) in [6, 6.07) is 16.5. The van der Waals surface area contributed by atoms with E-state index in [1.807, 2.05) is 34.9 Å². The smallest absolute Gasteiger partial charge is 0.251 e. The Bertz CT molecular complexity index is 1420. The molecule has 0 aliphatic carbocycles. The van der Waals surface area contributed by atoms with Gasteiger partial charge in [-0.05, 0) is 48.0 Å². The lowest BCUT2D eigenvalue weighted by molar-refractivity contribution is 0.0949. The van der Waals surface area contributed by atoms with E-state index in [0.29, 0.717) is 49.6 Å². The van der Waals surface area contributed by atoms with Crippen LogP contribution in [0.15, 0.2) is 64.2 Å². The van der Waals surface area contributed by atoms with Crippen LogP contribution in [0.4, 0.5) is 0 Å². The molecule has 12 heteroatoms. The molecule has 0 saturated carbocycles. The van der Waals surface area contributed by atoms with Gasteiger partial charge >= 0.3 is 0 Å². The monoisotopic (exact) mass is 636 g/mol. The van der Waals surface area contributed by atoms with Crippen molar-refractivity contribution >= 4 is 56.8 Å². The van der Waals surface area contributed by atoms with Crippen LogP contribution in [0, 0.1) is 0 Å². The molecular weight excluding hydrogens is 615 g/mol. The number of aromatic nitrogens is 3. The van der Waals surface area contributed by atoms with E-state index < -0.39 is 0 Å². The minimum Gasteiger partial charge on any atom is -0.493 e. The summed E-state index contributed by atoms with van der Waals surface area (Å²) in [6.45, 7) is 0.0988. The summed E-state index contributed by atoms with van der Waals surface area (Å²) in [5.41, 5.74) is 2.18. The van der Waals surface area contributed by atoms with Crippen LogP contribution < -0.4 is 19.5 Å². The minimum absolute atomic E-state index is 0.0988. The van der Waals surface area contributed by atoms with Crippen LogP contribution in [0.2, 0.25) is 10.0 Å². The van der Waals surface area contributed by atoms with Gasteiger partial charge in [-0.25, -0.2) is 0 Å². The molecule has 3 aromatic carbocycles. The van der Waals surface area contributed by atoms with Crippen LogP contribution in [0.25, 0.3) is 5.69 Å². The van der Waals surface area contributed by atoms with Crippen molar-refractivity contribution in [2.24, 2.45) is 0 Å². The first-order valence-corrected chi connectivity index (χ1v) is 13.7. The molecular formula is C26H23BrCl2N4O4S. The maximum atomic E-state index is 13.1. The largest absolute Gasteiger partial charge is 0.493 e. The lowest BCUT2D eigenvalue weighted by Gasteiger charge is -2.14. The molecule has 8 nitrogen and oxygen atoms in total. The van der Waals surface area contributed by atoms with Crippen LogP contribution in [-0.4, -0.2) is 42.0 Å². The predicted molar refractivity (Wildman–Crippen MR) is 152 cm³/mol. The summed E-state index contributed by atoms with van der Waals surface area (Å²) in [5, 5.41) is 13.1. The van der Waals surface area contributed by atoms with Crippen molar-refractivity contribution in [1.82, 2.24) is 20.1 Å². The number of halogens is 3. The van der Waals surface area contributed by atoms with Crippen LogP contribution in [0.3, 0.4) is 0 Å². The van der Waals surface area contributed by atoms with Gasteiger partial charge in [0.05, 0.1) is 43.6 Å². The number of rotatable bonds is 10. The first kappa shape index (κ1) is 28.1. The zero-order valence-corrected chi connectivity index (χ0v) is 24.5. The molecule has 4 rings (SSSR count). The molecule has 0 saturated heterocycles. The van der Waals surface area contributed by atoms with Crippen molar-refractivity contribution in [3.8, 4) is 22.9 Å². The second-order valence-corrected chi connectivity index (χ2v) is 10.5. The van der Waals surface area contributed by atoms with Gasteiger partial charge in [0.1, 0.15) is 0 Å². The molecule has 0 aliphatic heterocycles. The van der Waals surface area contributed by atoms with Gasteiger partial charge in [0.25, 0.3) is 5.91 Å². The van der Waals surface area contributed by atoms with E-state index in [9.17, 15) is 4.79 Å². The lowest BCUT2D eigenvalue weighted by Crippen LogP contribution is -2.25. The summed E-state index contributed by atoms with van der Waals surface area (Å²) in [5.74, 6) is 1.99. The Hall–Kier alpha value is -2.92. The van der Waals surface area contributed by atoms with Gasteiger partial charge in [-0.15, -0.1) is 10.2 Å². The van der Waals surface area contributed by atoms with Gasteiger partial charge < -0.3 is 19.5 Å². The van der Waals surface area contributed by atoms with Crippen molar-refractivity contribution in [3.05, 3.63) is 86.1 Å². The first-order chi connectivity index (χ1) is 18.3. The highest BCUT2D eigenvalue weighted by atomic mass is 79.9. The minimum atomic E-state index is -0.350. The number of methoxy groups -OCH3 is 3. The molecule has 0 unspecified atom stereocenters.